The summed E-state index contributed by atoms with van der Waals surface area (Å²) in [4.78, 5) is 25.0. The molecule has 0 aromatic heterocycles. The van der Waals surface area contributed by atoms with E-state index in [-0.39, 0.29) is 11.8 Å². The van der Waals surface area contributed by atoms with Crippen molar-refractivity contribution in [3.8, 4) is 0 Å². The first kappa shape index (κ1) is 16.2. The highest BCUT2D eigenvalue weighted by atomic mass is 16.2. The molecule has 6 nitrogen and oxygen atoms in total. The first-order valence-electron chi connectivity index (χ1n) is 8.13. The van der Waals surface area contributed by atoms with E-state index >= 15 is 0 Å². The van der Waals surface area contributed by atoms with Crippen LogP contribution >= 0.6 is 0 Å². The molecule has 120 valence electrons. The van der Waals surface area contributed by atoms with E-state index in [1.165, 1.54) is 39.0 Å². The molecule has 1 atom stereocenters. The molecule has 0 spiro atoms. The Hall–Kier alpha value is -1.14. The van der Waals surface area contributed by atoms with Crippen molar-refractivity contribution in [2.45, 2.75) is 51.1 Å². The monoisotopic (exact) mass is 296 g/mol. The number of carbonyl (C=O) groups excluding carboxylic acids is 2. The molecule has 0 aromatic carbocycles. The summed E-state index contributed by atoms with van der Waals surface area (Å²) in [6.45, 7) is 5.03. The largest absolute Gasteiger partial charge is 0.355 e. The van der Waals surface area contributed by atoms with Gasteiger partial charge in [-0.15, -0.1) is 0 Å². The van der Waals surface area contributed by atoms with Gasteiger partial charge in [0.2, 0.25) is 11.8 Å². The number of nitrogens with zero attached hydrogens (tertiary/aromatic N) is 1. The summed E-state index contributed by atoms with van der Waals surface area (Å²) in [5.74, 6) is -0.00436. The van der Waals surface area contributed by atoms with Crippen molar-refractivity contribution in [1.29, 1.82) is 0 Å². The molecule has 1 saturated heterocycles. The van der Waals surface area contributed by atoms with Gasteiger partial charge in [-0.2, -0.15) is 0 Å². The fourth-order valence-electron chi connectivity index (χ4n) is 2.83. The van der Waals surface area contributed by atoms with Gasteiger partial charge in [-0.25, -0.2) is 0 Å². The smallest absolute Gasteiger partial charge is 0.234 e. The van der Waals surface area contributed by atoms with Gasteiger partial charge < -0.3 is 16.0 Å². The molecule has 1 aliphatic heterocycles. The second-order valence-electron chi connectivity index (χ2n) is 6.14. The number of rotatable bonds is 8. The quantitative estimate of drug-likeness (QED) is 0.545. The zero-order valence-corrected chi connectivity index (χ0v) is 13.0. The van der Waals surface area contributed by atoms with Crippen LogP contribution in [0.25, 0.3) is 0 Å². The van der Waals surface area contributed by atoms with E-state index < -0.39 is 0 Å². The normalized spacial score (nSPS) is 22.1. The fourth-order valence-corrected chi connectivity index (χ4v) is 2.83. The van der Waals surface area contributed by atoms with Crippen molar-refractivity contribution in [1.82, 2.24) is 20.9 Å². The summed E-state index contributed by atoms with van der Waals surface area (Å²) in [5.41, 5.74) is 0. The van der Waals surface area contributed by atoms with Gasteiger partial charge in [0.25, 0.3) is 0 Å². The Morgan fingerprint density at radius 3 is 2.52 bits per heavy atom. The van der Waals surface area contributed by atoms with Crippen molar-refractivity contribution in [3.05, 3.63) is 0 Å². The molecule has 0 bridgehead atoms. The summed E-state index contributed by atoms with van der Waals surface area (Å²) in [7, 11) is 0. The van der Waals surface area contributed by atoms with Crippen LogP contribution < -0.4 is 16.0 Å². The molecule has 1 unspecified atom stereocenters. The third-order valence-electron chi connectivity index (χ3n) is 4.10. The highest BCUT2D eigenvalue weighted by Crippen LogP contribution is 2.27. The third kappa shape index (κ3) is 6.44. The van der Waals surface area contributed by atoms with E-state index in [9.17, 15) is 9.59 Å². The SMILES string of the molecule is CC(=O)NCCNC(=O)CN(CC1CCCCN1)C1CC1. The second kappa shape index (κ2) is 8.34. The van der Waals surface area contributed by atoms with Crippen LogP contribution in [0.4, 0.5) is 0 Å². The molecule has 1 aliphatic carbocycles. The minimum absolute atomic E-state index is 0.0584. The molecule has 3 N–H and O–H groups in total. The number of hydrogen-bond donors (Lipinski definition) is 3. The number of carbonyl (C=O) groups is 2. The van der Waals surface area contributed by atoms with E-state index in [2.05, 4.69) is 20.9 Å². The van der Waals surface area contributed by atoms with Crippen LogP contribution in [-0.4, -0.2) is 61.5 Å². The zero-order chi connectivity index (χ0) is 15.1. The molecule has 2 aliphatic rings. The highest BCUT2D eigenvalue weighted by Gasteiger charge is 2.31. The molecular formula is C15H28N4O2. The summed E-state index contributed by atoms with van der Waals surface area (Å²) in [5, 5.41) is 9.10. The van der Waals surface area contributed by atoms with Crippen molar-refractivity contribution in [2.24, 2.45) is 0 Å². The first-order valence-corrected chi connectivity index (χ1v) is 8.13. The maximum Gasteiger partial charge on any atom is 0.234 e. The lowest BCUT2D eigenvalue weighted by atomic mass is 10.0. The summed E-state index contributed by atoms with van der Waals surface area (Å²) in [6, 6.07) is 1.13. The minimum atomic E-state index is -0.0628. The van der Waals surface area contributed by atoms with E-state index in [1.54, 1.807) is 0 Å². The molecule has 2 rings (SSSR count). The molecule has 2 fully saturated rings. The van der Waals surface area contributed by atoms with E-state index in [4.69, 9.17) is 0 Å². The average Bonchev–Trinajstić information content (AvgIpc) is 3.28. The molecule has 1 saturated carbocycles. The zero-order valence-electron chi connectivity index (χ0n) is 13.0. The molecule has 1 heterocycles. The van der Waals surface area contributed by atoms with Gasteiger partial charge >= 0.3 is 0 Å². The molecule has 21 heavy (non-hydrogen) atoms. The fraction of sp³-hybridized carbons (Fsp3) is 0.867. The first-order chi connectivity index (χ1) is 10.1. The predicted molar refractivity (Wildman–Crippen MR) is 81.9 cm³/mol. The van der Waals surface area contributed by atoms with Gasteiger partial charge in [0, 0.05) is 38.6 Å². The van der Waals surface area contributed by atoms with Gasteiger partial charge in [0.15, 0.2) is 0 Å². The van der Waals surface area contributed by atoms with Crippen LogP contribution in [0.3, 0.4) is 0 Å². The van der Waals surface area contributed by atoms with E-state index in [0.717, 1.165) is 13.1 Å². The van der Waals surface area contributed by atoms with Gasteiger partial charge in [0.05, 0.1) is 6.54 Å². The lowest BCUT2D eigenvalue weighted by molar-refractivity contribution is -0.123. The molecule has 0 aromatic rings. The van der Waals surface area contributed by atoms with Crippen molar-refractivity contribution >= 4 is 11.8 Å². The molecule has 6 heteroatoms. The number of hydrogen-bond acceptors (Lipinski definition) is 4. The number of piperidine rings is 1. The molecular weight excluding hydrogens is 268 g/mol. The van der Waals surface area contributed by atoms with Crippen molar-refractivity contribution in [3.63, 3.8) is 0 Å². The predicted octanol–water partition coefficient (Wildman–Crippen LogP) is -0.155. The summed E-state index contributed by atoms with van der Waals surface area (Å²) >= 11 is 0. The topological polar surface area (TPSA) is 73.5 Å². The van der Waals surface area contributed by atoms with E-state index in [0.29, 0.717) is 31.7 Å². The van der Waals surface area contributed by atoms with Crippen LogP contribution in [0.5, 0.6) is 0 Å². The Morgan fingerprint density at radius 1 is 1.14 bits per heavy atom. The Bertz CT molecular complexity index is 352. The Labute approximate surface area is 127 Å². The second-order valence-corrected chi connectivity index (χ2v) is 6.14. The Morgan fingerprint density at radius 2 is 1.90 bits per heavy atom. The van der Waals surface area contributed by atoms with Crippen molar-refractivity contribution in [2.75, 3.05) is 32.7 Å². The van der Waals surface area contributed by atoms with Gasteiger partial charge in [-0.1, -0.05) is 6.42 Å². The van der Waals surface area contributed by atoms with Gasteiger partial charge in [-0.05, 0) is 32.2 Å². The molecule has 0 radical (unpaired) electrons. The Balaban J connectivity index is 1.66. The maximum atomic E-state index is 12.0. The van der Waals surface area contributed by atoms with Crippen LogP contribution in [0, 0.1) is 0 Å². The summed E-state index contributed by atoms with van der Waals surface area (Å²) in [6.07, 6.45) is 6.20. The standard InChI is InChI=1S/C15H28N4O2/c1-12(20)16-8-9-18-15(21)11-19(14-5-6-14)10-13-4-2-3-7-17-13/h13-14,17H,2-11H2,1H3,(H,16,20)(H,18,21). The highest BCUT2D eigenvalue weighted by molar-refractivity contribution is 5.78. The van der Waals surface area contributed by atoms with Gasteiger partial charge in [0.1, 0.15) is 0 Å². The third-order valence-corrected chi connectivity index (χ3v) is 4.10. The number of nitrogens with one attached hydrogen (secondary N) is 3. The Kier molecular flexibility index (Phi) is 6.45. The van der Waals surface area contributed by atoms with Crippen LogP contribution in [0.1, 0.15) is 39.0 Å². The van der Waals surface area contributed by atoms with Crippen LogP contribution in [0.15, 0.2) is 0 Å². The minimum Gasteiger partial charge on any atom is -0.355 e. The van der Waals surface area contributed by atoms with Gasteiger partial charge in [-0.3, -0.25) is 14.5 Å². The number of amides is 2. The average molecular weight is 296 g/mol. The lowest BCUT2D eigenvalue weighted by Crippen LogP contribution is -2.48. The van der Waals surface area contributed by atoms with Crippen LogP contribution in [-0.2, 0) is 9.59 Å². The lowest BCUT2D eigenvalue weighted by Gasteiger charge is -2.30. The molecule has 2 amide bonds. The van der Waals surface area contributed by atoms with Crippen LogP contribution in [0.2, 0.25) is 0 Å². The maximum absolute atomic E-state index is 12.0. The summed E-state index contributed by atoms with van der Waals surface area (Å²) < 4.78 is 0. The van der Waals surface area contributed by atoms with E-state index in [1.807, 2.05) is 0 Å². The van der Waals surface area contributed by atoms with Crippen molar-refractivity contribution < 1.29 is 9.59 Å².